The Labute approximate surface area is 106 Å². The molecule has 1 saturated heterocycles. The standard InChI is InChI=1S/C14H17FN2O/c1-9-12(4-6-16-9)14(18)17-7-5-10-2-3-11(15)8-13(10)17/h2-3,8-9,12,16H,4-7H2,1H3. The summed E-state index contributed by atoms with van der Waals surface area (Å²) in [5, 5.41) is 3.29. The fourth-order valence-electron chi connectivity index (χ4n) is 2.98. The zero-order valence-electron chi connectivity index (χ0n) is 10.4. The third-order valence-corrected chi connectivity index (χ3v) is 4.05. The summed E-state index contributed by atoms with van der Waals surface area (Å²) in [4.78, 5) is 14.3. The molecule has 0 aliphatic carbocycles. The van der Waals surface area contributed by atoms with Gasteiger partial charge >= 0.3 is 0 Å². The van der Waals surface area contributed by atoms with Crippen molar-refractivity contribution in [2.75, 3.05) is 18.0 Å². The van der Waals surface area contributed by atoms with Gasteiger partial charge in [0, 0.05) is 18.3 Å². The molecule has 0 bridgehead atoms. The van der Waals surface area contributed by atoms with Gasteiger partial charge in [0.25, 0.3) is 0 Å². The van der Waals surface area contributed by atoms with Gasteiger partial charge in [0.15, 0.2) is 0 Å². The third kappa shape index (κ3) is 1.81. The number of hydrogen-bond acceptors (Lipinski definition) is 2. The second-order valence-corrected chi connectivity index (χ2v) is 5.15. The lowest BCUT2D eigenvalue weighted by Gasteiger charge is -2.23. The van der Waals surface area contributed by atoms with E-state index in [1.807, 2.05) is 6.92 Å². The lowest BCUT2D eigenvalue weighted by Crippen LogP contribution is -2.39. The van der Waals surface area contributed by atoms with E-state index < -0.39 is 0 Å². The Kier molecular flexibility index (Phi) is 2.82. The Morgan fingerprint density at radius 1 is 1.50 bits per heavy atom. The zero-order chi connectivity index (χ0) is 12.7. The highest BCUT2D eigenvalue weighted by atomic mass is 19.1. The minimum Gasteiger partial charge on any atom is -0.313 e. The van der Waals surface area contributed by atoms with Crippen LogP contribution in [0.1, 0.15) is 18.9 Å². The number of carbonyl (C=O) groups excluding carboxylic acids is 1. The largest absolute Gasteiger partial charge is 0.313 e. The summed E-state index contributed by atoms with van der Waals surface area (Å²) in [6.07, 6.45) is 1.71. The predicted octanol–water partition coefficient (Wildman–Crippen LogP) is 1.71. The number of hydrogen-bond donors (Lipinski definition) is 1. The number of nitrogens with one attached hydrogen (secondary N) is 1. The molecule has 18 heavy (non-hydrogen) atoms. The number of carbonyl (C=O) groups is 1. The third-order valence-electron chi connectivity index (χ3n) is 4.05. The van der Waals surface area contributed by atoms with Gasteiger partial charge in [-0.15, -0.1) is 0 Å². The van der Waals surface area contributed by atoms with Gasteiger partial charge in [-0.25, -0.2) is 4.39 Å². The maximum Gasteiger partial charge on any atom is 0.231 e. The highest BCUT2D eigenvalue weighted by molar-refractivity contribution is 5.97. The lowest BCUT2D eigenvalue weighted by molar-refractivity contribution is -0.122. The average Bonchev–Trinajstić information content (AvgIpc) is 2.94. The van der Waals surface area contributed by atoms with Crippen molar-refractivity contribution in [1.82, 2.24) is 5.32 Å². The molecule has 0 aromatic heterocycles. The van der Waals surface area contributed by atoms with E-state index in [4.69, 9.17) is 0 Å². The summed E-state index contributed by atoms with van der Waals surface area (Å²) >= 11 is 0. The number of rotatable bonds is 1. The van der Waals surface area contributed by atoms with Crippen LogP contribution in [0.15, 0.2) is 18.2 Å². The Bertz CT molecular complexity index is 489. The van der Waals surface area contributed by atoms with Gasteiger partial charge in [-0.05, 0) is 44.0 Å². The lowest BCUT2D eigenvalue weighted by atomic mass is 10.0. The smallest absolute Gasteiger partial charge is 0.231 e. The molecule has 0 spiro atoms. The molecular formula is C14H17FN2O. The molecule has 2 atom stereocenters. The van der Waals surface area contributed by atoms with Gasteiger partial charge in [-0.1, -0.05) is 6.07 Å². The number of nitrogens with zero attached hydrogens (tertiary/aromatic N) is 1. The fraction of sp³-hybridized carbons (Fsp3) is 0.500. The zero-order valence-corrected chi connectivity index (χ0v) is 10.4. The Morgan fingerprint density at radius 3 is 3.06 bits per heavy atom. The van der Waals surface area contributed by atoms with E-state index in [0.717, 1.165) is 30.6 Å². The van der Waals surface area contributed by atoms with E-state index in [9.17, 15) is 9.18 Å². The topological polar surface area (TPSA) is 32.3 Å². The van der Waals surface area contributed by atoms with Gasteiger partial charge in [-0.3, -0.25) is 4.79 Å². The Balaban J connectivity index is 1.87. The quantitative estimate of drug-likeness (QED) is 0.820. The van der Waals surface area contributed by atoms with E-state index in [-0.39, 0.29) is 23.7 Å². The summed E-state index contributed by atoms with van der Waals surface area (Å²) in [6.45, 7) is 3.61. The molecule has 2 heterocycles. The Morgan fingerprint density at radius 2 is 2.33 bits per heavy atom. The second kappa shape index (κ2) is 4.35. The van der Waals surface area contributed by atoms with Crippen molar-refractivity contribution in [2.24, 2.45) is 5.92 Å². The van der Waals surface area contributed by atoms with Crippen LogP contribution in [-0.4, -0.2) is 25.0 Å². The first-order valence-electron chi connectivity index (χ1n) is 6.50. The summed E-state index contributed by atoms with van der Waals surface area (Å²) in [5.41, 5.74) is 1.84. The molecule has 3 nitrogen and oxygen atoms in total. The summed E-state index contributed by atoms with van der Waals surface area (Å²) in [7, 11) is 0. The molecule has 1 fully saturated rings. The minimum absolute atomic E-state index is 0.0271. The van der Waals surface area contributed by atoms with Crippen LogP contribution in [0.4, 0.5) is 10.1 Å². The number of fused-ring (bicyclic) bond motifs is 1. The predicted molar refractivity (Wildman–Crippen MR) is 68.0 cm³/mol. The van der Waals surface area contributed by atoms with E-state index >= 15 is 0 Å². The number of anilines is 1. The molecule has 2 aliphatic heterocycles. The van der Waals surface area contributed by atoms with Crippen molar-refractivity contribution >= 4 is 11.6 Å². The van der Waals surface area contributed by atoms with Crippen LogP contribution in [0.3, 0.4) is 0 Å². The highest BCUT2D eigenvalue weighted by Gasteiger charge is 2.35. The van der Waals surface area contributed by atoms with Crippen molar-refractivity contribution in [1.29, 1.82) is 0 Å². The monoisotopic (exact) mass is 248 g/mol. The maximum absolute atomic E-state index is 13.3. The average molecular weight is 248 g/mol. The number of halogens is 1. The minimum atomic E-state index is -0.272. The first-order valence-corrected chi connectivity index (χ1v) is 6.50. The first kappa shape index (κ1) is 11.7. The first-order chi connectivity index (χ1) is 8.66. The molecular weight excluding hydrogens is 231 g/mol. The fourth-order valence-corrected chi connectivity index (χ4v) is 2.98. The normalized spacial score (nSPS) is 26.4. The molecule has 3 rings (SSSR count). The number of amides is 1. The maximum atomic E-state index is 13.3. The Hall–Kier alpha value is -1.42. The molecule has 1 aromatic rings. The molecule has 1 N–H and O–H groups in total. The molecule has 2 aliphatic rings. The van der Waals surface area contributed by atoms with Crippen LogP contribution in [0.25, 0.3) is 0 Å². The van der Waals surface area contributed by atoms with Crippen LogP contribution in [0, 0.1) is 11.7 Å². The van der Waals surface area contributed by atoms with Crippen LogP contribution < -0.4 is 10.2 Å². The van der Waals surface area contributed by atoms with Crippen molar-refractivity contribution in [3.05, 3.63) is 29.6 Å². The van der Waals surface area contributed by atoms with Crippen molar-refractivity contribution in [2.45, 2.75) is 25.8 Å². The second-order valence-electron chi connectivity index (χ2n) is 5.15. The van der Waals surface area contributed by atoms with Gasteiger partial charge in [0.2, 0.25) is 5.91 Å². The summed E-state index contributed by atoms with van der Waals surface area (Å²) in [5.74, 6) is -0.109. The molecule has 1 aromatic carbocycles. The molecule has 4 heteroatoms. The molecule has 0 saturated carbocycles. The van der Waals surface area contributed by atoms with Gasteiger partial charge in [0.1, 0.15) is 5.82 Å². The SMILES string of the molecule is CC1NCCC1C(=O)N1CCc2ccc(F)cc21. The van der Waals surface area contributed by atoms with Gasteiger partial charge < -0.3 is 10.2 Å². The molecule has 2 unspecified atom stereocenters. The highest BCUT2D eigenvalue weighted by Crippen LogP contribution is 2.31. The van der Waals surface area contributed by atoms with Crippen LogP contribution in [0.2, 0.25) is 0 Å². The van der Waals surface area contributed by atoms with Crippen LogP contribution in [-0.2, 0) is 11.2 Å². The van der Waals surface area contributed by atoms with Gasteiger partial charge in [-0.2, -0.15) is 0 Å². The molecule has 96 valence electrons. The van der Waals surface area contributed by atoms with Gasteiger partial charge in [0.05, 0.1) is 5.92 Å². The van der Waals surface area contributed by atoms with Crippen molar-refractivity contribution in [3.8, 4) is 0 Å². The molecule has 0 radical (unpaired) electrons. The van der Waals surface area contributed by atoms with E-state index in [1.54, 1.807) is 11.0 Å². The van der Waals surface area contributed by atoms with E-state index in [1.165, 1.54) is 12.1 Å². The number of benzene rings is 1. The summed E-state index contributed by atoms with van der Waals surface area (Å²) < 4.78 is 13.3. The van der Waals surface area contributed by atoms with E-state index in [2.05, 4.69) is 5.32 Å². The van der Waals surface area contributed by atoms with E-state index in [0.29, 0.717) is 6.54 Å². The van der Waals surface area contributed by atoms with Crippen LogP contribution in [0.5, 0.6) is 0 Å². The van der Waals surface area contributed by atoms with Crippen molar-refractivity contribution < 1.29 is 9.18 Å². The molecule has 1 amide bonds. The van der Waals surface area contributed by atoms with Crippen molar-refractivity contribution in [3.63, 3.8) is 0 Å². The van der Waals surface area contributed by atoms with Crippen LogP contribution >= 0.6 is 0 Å². The summed E-state index contributed by atoms with van der Waals surface area (Å²) in [6, 6.07) is 4.95.